The quantitative estimate of drug-likeness (QED) is 0.896. The van der Waals surface area contributed by atoms with Gasteiger partial charge < -0.3 is 15.4 Å². The summed E-state index contributed by atoms with van der Waals surface area (Å²) in [5.74, 6) is 0.760. The number of amides is 1. The summed E-state index contributed by atoms with van der Waals surface area (Å²) in [5, 5.41) is 6.17. The van der Waals surface area contributed by atoms with Crippen molar-refractivity contribution in [2.24, 2.45) is 5.92 Å². The Hall–Kier alpha value is -1.55. The maximum absolute atomic E-state index is 11.6. The van der Waals surface area contributed by atoms with Crippen LogP contribution in [0.1, 0.15) is 38.3 Å². The van der Waals surface area contributed by atoms with Gasteiger partial charge in [0, 0.05) is 6.54 Å². The van der Waals surface area contributed by atoms with Gasteiger partial charge in [0.2, 0.25) is 0 Å². The van der Waals surface area contributed by atoms with Gasteiger partial charge in [-0.25, -0.2) is 4.79 Å². The zero-order valence-electron chi connectivity index (χ0n) is 13.2. The van der Waals surface area contributed by atoms with Gasteiger partial charge in [-0.2, -0.15) is 0 Å². The average molecular weight is 290 g/mol. The van der Waals surface area contributed by atoms with E-state index in [4.69, 9.17) is 4.74 Å². The molecule has 0 spiro atoms. The molecular formula is C17H26N2O2. The third kappa shape index (κ3) is 5.76. The molecule has 116 valence electrons. The van der Waals surface area contributed by atoms with Crippen LogP contribution in [0, 0.1) is 5.92 Å². The molecule has 0 bridgehead atoms. The van der Waals surface area contributed by atoms with Gasteiger partial charge in [-0.15, -0.1) is 0 Å². The van der Waals surface area contributed by atoms with Crippen LogP contribution >= 0.6 is 0 Å². The van der Waals surface area contributed by atoms with Gasteiger partial charge in [0.15, 0.2) is 0 Å². The second-order valence-corrected chi connectivity index (χ2v) is 6.73. The molecule has 1 aromatic carbocycles. The van der Waals surface area contributed by atoms with Crippen molar-refractivity contribution in [3.05, 3.63) is 35.4 Å². The van der Waals surface area contributed by atoms with Crippen molar-refractivity contribution in [3.8, 4) is 0 Å². The minimum Gasteiger partial charge on any atom is -0.444 e. The summed E-state index contributed by atoms with van der Waals surface area (Å²) in [5.41, 5.74) is 2.00. The van der Waals surface area contributed by atoms with E-state index in [0.29, 0.717) is 6.54 Å². The third-order valence-corrected chi connectivity index (χ3v) is 3.55. The Morgan fingerprint density at radius 1 is 1.29 bits per heavy atom. The maximum Gasteiger partial charge on any atom is 0.407 e. The highest BCUT2D eigenvalue weighted by Crippen LogP contribution is 2.15. The Morgan fingerprint density at radius 3 is 2.52 bits per heavy atom. The first kappa shape index (κ1) is 15.8. The van der Waals surface area contributed by atoms with Gasteiger partial charge in [0.25, 0.3) is 0 Å². The Kier molecular flexibility index (Phi) is 5.23. The minimum atomic E-state index is -0.455. The van der Waals surface area contributed by atoms with Gasteiger partial charge in [0.1, 0.15) is 5.60 Å². The zero-order valence-corrected chi connectivity index (χ0v) is 13.2. The first-order valence-electron chi connectivity index (χ1n) is 7.68. The fourth-order valence-corrected chi connectivity index (χ4v) is 2.50. The van der Waals surface area contributed by atoms with E-state index in [1.807, 2.05) is 20.8 Å². The number of carbonyl (C=O) groups excluding carboxylic acids is 1. The third-order valence-electron chi connectivity index (χ3n) is 3.55. The predicted molar refractivity (Wildman–Crippen MR) is 84.2 cm³/mol. The van der Waals surface area contributed by atoms with E-state index in [2.05, 4.69) is 34.9 Å². The van der Waals surface area contributed by atoms with Crippen LogP contribution in [-0.4, -0.2) is 24.8 Å². The number of hydrogen-bond acceptors (Lipinski definition) is 3. The molecule has 1 atom stereocenters. The lowest BCUT2D eigenvalue weighted by Gasteiger charge is -2.19. The van der Waals surface area contributed by atoms with Crippen LogP contribution in [-0.2, 0) is 17.7 Å². The van der Waals surface area contributed by atoms with Gasteiger partial charge in [-0.05, 0) is 63.7 Å². The van der Waals surface area contributed by atoms with E-state index < -0.39 is 5.60 Å². The van der Waals surface area contributed by atoms with Crippen LogP contribution in [0.3, 0.4) is 0 Å². The number of ether oxygens (including phenoxy) is 1. The second-order valence-electron chi connectivity index (χ2n) is 6.73. The van der Waals surface area contributed by atoms with Crippen molar-refractivity contribution in [2.75, 3.05) is 13.1 Å². The highest BCUT2D eigenvalue weighted by molar-refractivity contribution is 5.67. The predicted octanol–water partition coefficient (Wildman–Crippen LogP) is 2.86. The van der Waals surface area contributed by atoms with Crippen molar-refractivity contribution in [1.82, 2.24) is 10.6 Å². The molecule has 1 aliphatic rings. The summed E-state index contributed by atoms with van der Waals surface area (Å²) in [6.07, 6.45) is 2.03. The zero-order chi connectivity index (χ0) is 15.3. The van der Waals surface area contributed by atoms with Crippen molar-refractivity contribution >= 4 is 6.09 Å². The van der Waals surface area contributed by atoms with Gasteiger partial charge in [0.05, 0.1) is 0 Å². The molecular weight excluding hydrogens is 264 g/mol. The molecule has 2 N–H and O–H groups in total. The smallest absolute Gasteiger partial charge is 0.407 e. The lowest BCUT2D eigenvalue weighted by molar-refractivity contribution is 0.0523. The van der Waals surface area contributed by atoms with Crippen LogP contribution in [0.5, 0.6) is 0 Å². The van der Waals surface area contributed by atoms with E-state index in [1.165, 1.54) is 12.0 Å². The molecule has 1 saturated heterocycles. The van der Waals surface area contributed by atoms with Crippen LogP contribution in [0.4, 0.5) is 4.79 Å². The molecule has 1 aromatic rings. The number of nitrogens with one attached hydrogen (secondary N) is 2. The summed E-state index contributed by atoms with van der Waals surface area (Å²) < 4.78 is 5.21. The standard InChI is InChI=1S/C17H26N2O2/c1-17(2,3)21-16(20)19-12-14-6-4-13(5-7-14)10-15-8-9-18-11-15/h4-7,15,18H,8-12H2,1-3H3,(H,19,20). The number of alkyl carbamates (subject to hydrolysis) is 1. The topological polar surface area (TPSA) is 50.4 Å². The number of carbonyl (C=O) groups is 1. The van der Waals surface area contributed by atoms with Gasteiger partial charge in [-0.1, -0.05) is 24.3 Å². The minimum absolute atomic E-state index is 0.372. The maximum atomic E-state index is 11.6. The van der Waals surface area contributed by atoms with E-state index in [1.54, 1.807) is 0 Å². The molecule has 21 heavy (non-hydrogen) atoms. The molecule has 1 fully saturated rings. The van der Waals surface area contributed by atoms with Crippen LogP contribution in [0.2, 0.25) is 0 Å². The Morgan fingerprint density at radius 2 is 1.95 bits per heavy atom. The molecule has 1 amide bonds. The Bertz CT molecular complexity index is 457. The first-order valence-corrected chi connectivity index (χ1v) is 7.68. The fraction of sp³-hybridized carbons (Fsp3) is 0.588. The molecule has 0 aromatic heterocycles. The van der Waals surface area contributed by atoms with E-state index in [9.17, 15) is 4.79 Å². The van der Waals surface area contributed by atoms with Crippen LogP contribution in [0.15, 0.2) is 24.3 Å². The summed E-state index contributed by atoms with van der Waals surface area (Å²) >= 11 is 0. The summed E-state index contributed by atoms with van der Waals surface area (Å²) in [6, 6.07) is 8.47. The van der Waals surface area contributed by atoms with Crippen molar-refractivity contribution < 1.29 is 9.53 Å². The van der Waals surface area contributed by atoms with Gasteiger partial charge >= 0.3 is 6.09 Å². The molecule has 1 heterocycles. The normalized spacial score (nSPS) is 18.5. The van der Waals surface area contributed by atoms with Crippen molar-refractivity contribution in [3.63, 3.8) is 0 Å². The molecule has 2 rings (SSSR count). The largest absolute Gasteiger partial charge is 0.444 e. The SMILES string of the molecule is CC(C)(C)OC(=O)NCc1ccc(CC2CCNC2)cc1. The molecule has 4 nitrogen and oxygen atoms in total. The average Bonchev–Trinajstić information content (AvgIpc) is 2.89. The number of rotatable bonds is 4. The summed E-state index contributed by atoms with van der Waals surface area (Å²) in [6.45, 7) is 8.35. The molecule has 0 radical (unpaired) electrons. The first-order chi connectivity index (χ1) is 9.92. The Labute approximate surface area is 127 Å². The lowest BCUT2D eigenvalue weighted by atomic mass is 9.98. The second kappa shape index (κ2) is 6.94. The fourth-order valence-electron chi connectivity index (χ4n) is 2.50. The monoisotopic (exact) mass is 290 g/mol. The molecule has 4 heteroatoms. The van der Waals surface area contributed by atoms with E-state index in [-0.39, 0.29) is 6.09 Å². The van der Waals surface area contributed by atoms with E-state index >= 15 is 0 Å². The number of hydrogen-bond donors (Lipinski definition) is 2. The lowest BCUT2D eigenvalue weighted by Crippen LogP contribution is -2.32. The number of benzene rings is 1. The summed E-state index contributed by atoms with van der Waals surface area (Å²) in [7, 11) is 0. The van der Waals surface area contributed by atoms with E-state index in [0.717, 1.165) is 31.0 Å². The van der Waals surface area contributed by atoms with Gasteiger partial charge in [-0.3, -0.25) is 0 Å². The van der Waals surface area contributed by atoms with Crippen molar-refractivity contribution in [2.45, 2.75) is 45.8 Å². The molecule has 1 unspecified atom stereocenters. The molecule has 0 aliphatic carbocycles. The van der Waals surface area contributed by atoms with Crippen LogP contribution in [0.25, 0.3) is 0 Å². The summed E-state index contributed by atoms with van der Waals surface area (Å²) in [4.78, 5) is 11.6. The Balaban J connectivity index is 1.78. The molecule has 0 saturated carbocycles. The molecule has 1 aliphatic heterocycles. The van der Waals surface area contributed by atoms with Crippen molar-refractivity contribution in [1.29, 1.82) is 0 Å². The highest BCUT2D eigenvalue weighted by atomic mass is 16.6. The van der Waals surface area contributed by atoms with Crippen LogP contribution < -0.4 is 10.6 Å². The highest BCUT2D eigenvalue weighted by Gasteiger charge is 2.16.